The highest BCUT2D eigenvalue weighted by molar-refractivity contribution is 7.71. The summed E-state index contributed by atoms with van der Waals surface area (Å²) in [6.07, 6.45) is 1.26. The van der Waals surface area contributed by atoms with Crippen LogP contribution in [0.4, 0.5) is 5.69 Å². The second-order valence-corrected chi connectivity index (χ2v) is 5.68. The van der Waals surface area contributed by atoms with E-state index in [1.54, 1.807) is 24.3 Å². The zero-order valence-corrected chi connectivity index (χ0v) is 14.0. The van der Waals surface area contributed by atoms with Crippen molar-refractivity contribution in [3.8, 4) is 17.1 Å². The number of H-pyrrole nitrogens is 1. The smallest absolute Gasteiger partial charge is 0.270 e. The molecule has 25 heavy (non-hydrogen) atoms. The number of aromatic amines is 1. The van der Waals surface area contributed by atoms with Crippen LogP contribution in [0.2, 0.25) is 5.02 Å². The van der Waals surface area contributed by atoms with Crippen LogP contribution in [0.3, 0.4) is 0 Å². The van der Waals surface area contributed by atoms with Gasteiger partial charge in [-0.2, -0.15) is 14.9 Å². The van der Waals surface area contributed by atoms with Crippen molar-refractivity contribution in [3.63, 3.8) is 0 Å². The van der Waals surface area contributed by atoms with Crippen LogP contribution in [0, 0.1) is 14.9 Å². The van der Waals surface area contributed by atoms with Gasteiger partial charge in [-0.3, -0.25) is 10.1 Å². The molecule has 3 rings (SSSR count). The summed E-state index contributed by atoms with van der Waals surface area (Å²) in [5, 5.41) is 32.1. The summed E-state index contributed by atoms with van der Waals surface area (Å²) in [7, 11) is 0. The lowest BCUT2D eigenvalue weighted by atomic mass is 10.2. The Hall–Kier alpha value is -3.04. The SMILES string of the molecule is O=[N+]([O-])c1ccc(O)c(/C=N\n2c(-c3ccccc3Cl)n[nH]c2=S)c1. The van der Waals surface area contributed by atoms with Crippen LogP contribution in [0.25, 0.3) is 11.4 Å². The van der Waals surface area contributed by atoms with E-state index in [0.717, 1.165) is 0 Å². The molecule has 126 valence electrons. The Morgan fingerprint density at radius 1 is 1.36 bits per heavy atom. The van der Waals surface area contributed by atoms with E-state index in [0.29, 0.717) is 16.4 Å². The van der Waals surface area contributed by atoms with E-state index in [-0.39, 0.29) is 21.8 Å². The number of halogens is 1. The molecular formula is C15H10ClN5O3S. The van der Waals surface area contributed by atoms with Crippen LogP contribution in [-0.4, -0.2) is 31.1 Å². The molecule has 0 aliphatic rings. The molecule has 10 heteroatoms. The molecule has 0 atom stereocenters. The molecule has 0 fully saturated rings. The Bertz CT molecular complexity index is 1040. The number of nitrogens with zero attached hydrogens (tertiary/aromatic N) is 4. The molecule has 2 N–H and O–H groups in total. The number of hydrogen-bond donors (Lipinski definition) is 2. The molecule has 3 aromatic rings. The number of non-ortho nitro benzene ring substituents is 1. The summed E-state index contributed by atoms with van der Waals surface area (Å²) in [4.78, 5) is 10.3. The van der Waals surface area contributed by atoms with Crippen molar-refractivity contribution in [1.82, 2.24) is 14.9 Å². The summed E-state index contributed by atoms with van der Waals surface area (Å²) in [6, 6.07) is 10.7. The molecular weight excluding hydrogens is 366 g/mol. The first-order valence-corrected chi connectivity index (χ1v) is 7.70. The van der Waals surface area contributed by atoms with Crippen molar-refractivity contribution in [3.05, 3.63) is 67.9 Å². The highest BCUT2D eigenvalue weighted by Crippen LogP contribution is 2.26. The molecule has 0 bridgehead atoms. The first-order chi connectivity index (χ1) is 12.0. The average Bonchev–Trinajstić information content (AvgIpc) is 2.95. The summed E-state index contributed by atoms with van der Waals surface area (Å²) < 4.78 is 1.52. The third-order valence-corrected chi connectivity index (χ3v) is 3.89. The van der Waals surface area contributed by atoms with Crippen molar-refractivity contribution in [2.75, 3.05) is 0 Å². The monoisotopic (exact) mass is 375 g/mol. The topological polar surface area (TPSA) is 109 Å². The summed E-state index contributed by atoms with van der Waals surface area (Å²) in [5.74, 6) is 0.223. The molecule has 0 amide bonds. The minimum Gasteiger partial charge on any atom is -0.507 e. The maximum atomic E-state index is 10.9. The average molecular weight is 376 g/mol. The van der Waals surface area contributed by atoms with Gasteiger partial charge in [-0.05, 0) is 30.4 Å². The normalized spacial score (nSPS) is 11.1. The summed E-state index contributed by atoms with van der Waals surface area (Å²) in [5.41, 5.74) is 0.612. The van der Waals surface area contributed by atoms with Crippen molar-refractivity contribution in [2.45, 2.75) is 0 Å². The Morgan fingerprint density at radius 2 is 2.12 bits per heavy atom. The molecule has 0 saturated carbocycles. The van der Waals surface area contributed by atoms with Gasteiger partial charge >= 0.3 is 0 Å². The second-order valence-electron chi connectivity index (χ2n) is 4.89. The number of hydrogen-bond acceptors (Lipinski definition) is 6. The predicted octanol–water partition coefficient (Wildman–Crippen LogP) is 3.76. The van der Waals surface area contributed by atoms with Crippen LogP contribution < -0.4 is 0 Å². The Labute approximate surface area is 151 Å². The summed E-state index contributed by atoms with van der Waals surface area (Å²) >= 11 is 11.3. The molecule has 0 aliphatic heterocycles. The third-order valence-electron chi connectivity index (χ3n) is 3.30. The van der Waals surface area contributed by atoms with Gasteiger partial charge in [-0.25, -0.2) is 5.10 Å². The van der Waals surface area contributed by atoms with Gasteiger partial charge in [0.1, 0.15) is 5.75 Å². The zero-order valence-electron chi connectivity index (χ0n) is 12.5. The van der Waals surface area contributed by atoms with E-state index in [1.807, 2.05) is 0 Å². The lowest BCUT2D eigenvalue weighted by Gasteiger charge is -2.03. The molecule has 0 aliphatic carbocycles. The Morgan fingerprint density at radius 3 is 2.84 bits per heavy atom. The fourth-order valence-corrected chi connectivity index (χ4v) is 2.49. The lowest BCUT2D eigenvalue weighted by Crippen LogP contribution is -1.96. The van der Waals surface area contributed by atoms with E-state index in [2.05, 4.69) is 15.3 Å². The quantitative estimate of drug-likeness (QED) is 0.312. The van der Waals surface area contributed by atoms with Gasteiger partial charge in [0.05, 0.1) is 16.2 Å². The zero-order chi connectivity index (χ0) is 18.0. The number of aromatic nitrogens is 3. The maximum Gasteiger partial charge on any atom is 0.270 e. The minimum atomic E-state index is -0.560. The number of benzene rings is 2. The molecule has 0 saturated heterocycles. The number of rotatable bonds is 4. The number of nitro groups is 1. The molecule has 0 unspecified atom stereocenters. The number of phenols is 1. The van der Waals surface area contributed by atoms with Crippen molar-refractivity contribution >= 4 is 35.7 Å². The van der Waals surface area contributed by atoms with E-state index < -0.39 is 4.92 Å². The number of nitro benzene ring substituents is 1. The molecule has 2 aromatic carbocycles. The van der Waals surface area contributed by atoms with Crippen LogP contribution in [0.1, 0.15) is 5.56 Å². The van der Waals surface area contributed by atoms with Gasteiger partial charge in [-0.1, -0.05) is 23.7 Å². The van der Waals surface area contributed by atoms with Gasteiger partial charge in [0.25, 0.3) is 5.69 Å². The summed E-state index contributed by atoms with van der Waals surface area (Å²) in [6.45, 7) is 0. The van der Waals surface area contributed by atoms with Gasteiger partial charge in [-0.15, -0.1) is 0 Å². The van der Waals surface area contributed by atoms with E-state index in [9.17, 15) is 15.2 Å². The van der Waals surface area contributed by atoms with Crippen molar-refractivity contribution in [1.29, 1.82) is 0 Å². The Kier molecular flexibility index (Phi) is 4.59. The number of phenolic OH excluding ortho intramolecular Hbond substituents is 1. The molecule has 0 spiro atoms. The van der Waals surface area contributed by atoms with Crippen molar-refractivity contribution in [2.24, 2.45) is 5.10 Å². The number of aromatic hydroxyl groups is 1. The third kappa shape index (κ3) is 3.42. The van der Waals surface area contributed by atoms with Gasteiger partial charge in [0, 0.05) is 23.3 Å². The second kappa shape index (κ2) is 6.83. The van der Waals surface area contributed by atoms with Crippen LogP contribution >= 0.6 is 23.8 Å². The minimum absolute atomic E-state index is 0.149. The molecule has 1 aromatic heterocycles. The highest BCUT2D eigenvalue weighted by atomic mass is 35.5. The van der Waals surface area contributed by atoms with Gasteiger partial charge < -0.3 is 5.11 Å². The van der Waals surface area contributed by atoms with Crippen LogP contribution in [0.5, 0.6) is 5.75 Å². The maximum absolute atomic E-state index is 10.9. The molecule has 0 radical (unpaired) electrons. The first-order valence-electron chi connectivity index (χ1n) is 6.91. The first kappa shape index (κ1) is 16.8. The molecule has 1 heterocycles. The standard InChI is InChI=1S/C15H10ClN5O3S/c16-12-4-2-1-3-11(12)14-18-19-15(25)20(14)17-8-9-7-10(21(23)24)5-6-13(9)22/h1-8,22H,(H,19,25)/b17-8-. The van der Waals surface area contributed by atoms with E-state index >= 15 is 0 Å². The Balaban J connectivity index is 2.05. The fourth-order valence-electron chi connectivity index (χ4n) is 2.09. The van der Waals surface area contributed by atoms with Crippen molar-refractivity contribution < 1.29 is 10.0 Å². The lowest BCUT2D eigenvalue weighted by molar-refractivity contribution is -0.384. The van der Waals surface area contributed by atoms with Gasteiger partial charge in [0.2, 0.25) is 4.77 Å². The fraction of sp³-hybridized carbons (Fsp3) is 0. The van der Waals surface area contributed by atoms with Crippen LogP contribution in [-0.2, 0) is 0 Å². The van der Waals surface area contributed by atoms with Crippen LogP contribution in [0.15, 0.2) is 47.6 Å². The predicted molar refractivity (Wildman–Crippen MR) is 95.6 cm³/mol. The molecule has 8 nitrogen and oxygen atoms in total. The van der Waals surface area contributed by atoms with Gasteiger partial charge in [0.15, 0.2) is 5.82 Å². The highest BCUT2D eigenvalue weighted by Gasteiger charge is 2.12. The van der Waals surface area contributed by atoms with E-state index in [4.69, 9.17) is 23.8 Å². The number of nitrogens with one attached hydrogen (secondary N) is 1. The van der Waals surface area contributed by atoms with E-state index in [1.165, 1.54) is 29.1 Å². The largest absolute Gasteiger partial charge is 0.507 e.